The van der Waals surface area contributed by atoms with Crippen LogP contribution in [0.3, 0.4) is 0 Å². The van der Waals surface area contributed by atoms with E-state index in [1.165, 1.54) is 0 Å². The van der Waals surface area contributed by atoms with E-state index in [0.717, 1.165) is 0 Å². The maximum Gasteiger partial charge on any atom is 0.456 e. The van der Waals surface area contributed by atoms with Crippen LogP contribution < -0.4 is 0 Å². The fraction of sp³-hybridized carbons (Fsp3) is 0.909. The van der Waals surface area contributed by atoms with E-state index in [1.807, 2.05) is 0 Å². The van der Waals surface area contributed by atoms with Gasteiger partial charge in [0.1, 0.15) is 5.60 Å². The van der Waals surface area contributed by atoms with Crippen molar-refractivity contribution in [3.63, 3.8) is 0 Å². The standard InChI is InChI=1S/C11H15F5O4/c12-10(13,8(19)11(14,15)16)9(20)3-1-6(2-4-9)7(18)5-17/h6-7,17-18,20H,1-5H2. The topological polar surface area (TPSA) is 77.8 Å². The largest absolute Gasteiger partial charge is 0.456 e. The number of carbonyl (C=O) groups is 1. The van der Waals surface area contributed by atoms with Crippen LogP contribution in [0.5, 0.6) is 0 Å². The zero-order valence-electron chi connectivity index (χ0n) is 10.3. The number of alkyl halides is 5. The van der Waals surface area contributed by atoms with Crippen LogP contribution in [-0.2, 0) is 4.79 Å². The number of hydrogen-bond donors (Lipinski definition) is 3. The number of hydrogen-bond acceptors (Lipinski definition) is 4. The molecule has 0 heterocycles. The van der Waals surface area contributed by atoms with Crippen LogP contribution in [0.15, 0.2) is 0 Å². The quantitative estimate of drug-likeness (QED) is 0.678. The minimum Gasteiger partial charge on any atom is -0.394 e. The molecule has 1 rings (SSSR count). The zero-order valence-corrected chi connectivity index (χ0v) is 10.3. The molecular formula is C11H15F5O4. The van der Waals surface area contributed by atoms with Gasteiger partial charge in [-0.25, -0.2) is 0 Å². The molecule has 0 aromatic carbocycles. The van der Waals surface area contributed by atoms with Crippen molar-refractivity contribution in [3.8, 4) is 0 Å². The molecule has 0 bridgehead atoms. The third-order valence-electron chi connectivity index (χ3n) is 3.72. The second kappa shape index (κ2) is 5.53. The predicted octanol–water partition coefficient (Wildman–Crippen LogP) is 1.03. The Morgan fingerprint density at radius 1 is 1.20 bits per heavy atom. The van der Waals surface area contributed by atoms with Crippen molar-refractivity contribution in [2.75, 3.05) is 6.61 Å². The maximum absolute atomic E-state index is 13.6. The second-order valence-electron chi connectivity index (χ2n) is 5.02. The van der Waals surface area contributed by atoms with Gasteiger partial charge in [-0.05, 0) is 31.6 Å². The molecule has 0 aliphatic heterocycles. The number of ketones is 1. The third kappa shape index (κ3) is 3.09. The van der Waals surface area contributed by atoms with Crippen LogP contribution in [0.25, 0.3) is 0 Å². The van der Waals surface area contributed by atoms with Crippen molar-refractivity contribution < 1.29 is 42.1 Å². The number of carbonyl (C=O) groups excluding carboxylic acids is 1. The molecule has 20 heavy (non-hydrogen) atoms. The summed E-state index contributed by atoms with van der Waals surface area (Å²) in [4.78, 5) is 10.7. The van der Waals surface area contributed by atoms with Crippen LogP contribution in [0.1, 0.15) is 25.7 Å². The van der Waals surface area contributed by atoms with Crippen molar-refractivity contribution in [3.05, 3.63) is 0 Å². The fourth-order valence-corrected chi connectivity index (χ4v) is 2.35. The summed E-state index contributed by atoms with van der Waals surface area (Å²) in [5.41, 5.74) is -3.08. The summed E-state index contributed by atoms with van der Waals surface area (Å²) in [6.07, 6.45) is -8.86. The number of halogens is 5. The monoisotopic (exact) mass is 306 g/mol. The van der Waals surface area contributed by atoms with E-state index in [9.17, 15) is 37.0 Å². The Balaban J connectivity index is 2.84. The Morgan fingerprint density at radius 2 is 1.65 bits per heavy atom. The summed E-state index contributed by atoms with van der Waals surface area (Å²) >= 11 is 0. The van der Waals surface area contributed by atoms with Gasteiger partial charge in [0.05, 0.1) is 12.7 Å². The molecule has 0 saturated heterocycles. The van der Waals surface area contributed by atoms with Gasteiger partial charge in [-0.3, -0.25) is 4.79 Å². The molecule has 0 aromatic heterocycles. The van der Waals surface area contributed by atoms with E-state index < -0.39 is 55.0 Å². The minimum absolute atomic E-state index is 0.209. The Morgan fingerprint density at radius 3 is 2.00 bits per heavy atom. The second-order valence-corrected chi connectivity index (χ2v) is 5.02. The van der Waals surface area contributed by atoms with Gasteiger partial charge in [0.25, 0.3) is 0 Å². The normalized spacial score (nSPS) is 30.1. The SMILES string of the molecule is O=C(C(F)(F)F)C(F)(F)C1(O)CCC(C(O)CO)CC1. The van der Waals surface area contributed by atoms with Crippen molar-refractivity contribution in [1.82, 2.24) is 0 Å². The van der Waals surface area contributed by atoms with E-state index in [4.69, 9.17) is 5.11 Å². The molecule has 1 atom stereocenters. The Hall–Kier alpha value is -0.800. The van der Waals surface area contributed by atoms with E-state index in [-0.39, 0.29) is 12.8 Å². The average Bonchev–Trinajstić information content (AvgIpc) is 2.36. The average molecular weight is 306 g/mol. The molecule has 1 saturated carbocycles. The van der Waals surface area contributed by atoms with Crippen LogP contribution in [0.4, 0.5) is 22.0 Å². The van der Waals surface area contributed by atoms with Crippen LogP contribution in [0, 0.1) is 5.92 Å². The van der Waals surface area contributed by atoms with Gasteiger partial charge in [-0.15, -0.1) is 0 Å². The number of aliphatic hydroxyl groups excluding tert-OH is 2. The molecule has 0 aromatic rings. The lowest BCUT2D eigenvalue weighted by Gasteiger charge is -2.41. The zero-order chi connectivity index (χ0) is 15.8. The lowest BCUT2D eigenvalue weighted by Crippen LogP contribution is -2.59. The van der Waals surface area contributed by atoms with Gasteiger partial charge in [0.2, 0.25) is 0 Å². The molecule has 1 aliphatic rings. The Kier molecular flexibility index (Phi) is 4.77. The first-order valence-electron chi connectivity index (χ1n) is 5.96. The van der Waals surface area contributed by atoms with Gasteiger partial charge in [-0.2, -0.15) is 22.0 Å². The predicted molar refractivity (Wildman–Crippen MR) is 56.0 cm³/mol. The van der Waals surface area contributed by atoms with Crippen molar-refractivity contribution >= 4 is 5.78 Å². The lowest BCUT2D eigenvalue weighted by molar-refractivity contribution is -0.235. The van der Waals surface area contributed by atoms with E-state index in [1.54, 1.807) is 0 Å². The van der Waals surface area contributed by atoms with Gasteiger partial charge < -0.3 is 15.3 Å². The summed E-state index contributed by atoms with van der Waals surface area (Å²) in [7, 11) is 0. The molecule has 0 radical (unpaired) electrons. The smallest absolute Gasteiger partial charge is 0.394 e. The highest BCUT2D eigenvalue weighted by molar-refractivity contribution is 5.91. The van der Waals surface area contributed by atoms with Gasteiger partial charge in [0, 0.05) is 0 Å². The number of Topliss-reactive ketones (excluding diaryl/α,β-unsaturated/α-hetero) is 1. The molecule has 4 nitrogen and oxygen atoms in total. The maximum atomic E-state index is 13.6. The molecule has 1 unspecified atom stereocenters. The molecule has 1 fully saturated rings. The molecule has 0 spiro atoms. The summed E-state index contributed by atoms with van der Waals surface area (Å²) < 4.78 is 63.5. The summed E-state index contributed by atoms with van der Waals surface area (Å²) in [6, 6.07) is 0. The first-order chi connectivity index (χ1) is 8.95. The van der Waals surface area contributed by atoms with Gasteiger partial charge in [0.15, 0.2) is 0 Å². The molecule has 3 N–H and O–H groups in total. The third-order valence-corrected chi connectivity index (χ3v) is 3.72. The molecule has 9 heteroatoms. The van der Waals surface area contributed by atoms with Crippen LogP contribution in [0.2, 0.25) is 0 Å². The van der Waals surface area contributed by atoms with E-state index >= 15 is 0 Å². The highest BCUT2D eigenvalue weighted by Crippen LogP contribution is 2.45. The highest BCUT2D eigenvalue weighted by atomic mass is 19.4. The lowest BCUT2D eigenvalue weighted by atomic mass is 9.73. The van der Waals surface area contributed by atoms with Crippen molar-refractivity contribution in [2.45, 2.75) is 49.5 Å². The highest BCUT2D eigenvalue weighted by Gasteiger charge is 2.66. The number of aliphatic hydroxyl groups is 3. The molecular weight excluding hydrogens is 291 g/mol. The number of rotatable bonds is 4. The summed E-state index contributed by atoms with van der Waals surface area (Å²) in [5, 5.41) is 27.7. The Bertz CT molecular complexity index is 360. The minimum atomic E-state index is -5.74. The summed E-state index contributed by atoms with van der Waals surface area (Å²) in [6.45, 7) is -0.610. The first-order valence-corrected chi connectivity index (χ1v) is 5.96. The van der Waals surface area contributed by atoms with Crippen molar-refractivity contribution in [2.24, 2.45) is 5.92 Å². The molecule has 1 aliphatic carbocycles. The fourth-order valence-electron chi connectivity index (χ4n) is 2.35. The first kappa shape index (κ1) is 17.3. The molecule has 0 amide bonds. The Labute approximate surface area is 111 Å². The summed E-state index contributed by atoms with van der Waals surface area (Å²) in [5.74, 6) is -8.80. The van der Waals surface area contributed by atoms with Gasteiger partial charge >= 0.3 is 17.9 Å². The van der Waals surface area contributed by atoms with E-state index in [2.05, 4.69) is 0 Å². The van der Waals surface area contributed by atoms with Gasteiger partial charge in [-0.1, -0.05) is 0 Å². The van der Waals surface area contributed by atoms with Crippen LogP contribution in [-0.4, -0.2) is 51.5 Å². The van der Waals surface area contributed by atoms with Crippen LogP contribution >= 0.6 is 0 Å². The van der Waals surface area contributed by atoms with E-state index in [0.29, 0.717) is 0 Å². The van der Waals surface area contributed by atoms with Crippen molar-refractivity contribution in [1.29, 1.82) is 0 Å². The molecule has 118 valence electrons.